The number of thioether (sulfide) groups is 1. The van der Waals surface area contributed by atoms with Crippen LogP contribution in [0.2, 0.25) is 5.02 Å². The van der Waals surface area contributed by atoms with Crippen molar-refractivity contribution in [1.82, 2.24) is 4.90 Å². The number of amides is 2. The second-order valence-electron chi connectivity index (χ2n) is 9.54. The van der Waals surface area contributed by atoms with Crippen LogP contribution in [0.15, 0.2) is 66.7 Å². The minimum absolute atomic E-state index is 0.117. The molecule has 1 atom stereocenters. The molecule has 0 aromatic heterocycles. The van der Waals surface area contributed by atoms with Gasteiger partial charge >= 0.3 is 0 Å². The molecule has 190 valence electrons. The number of carbonyl (C=O) groups excluding carboxylic acids is 2. The molecule has 3 aromatic carbocycles. The first kappa shape index (κ1) is 24.3. The smallest absolute Gasteiger partial charge is 0.269 e. The summed E-state index contributed by atoms with van der Waals surface area (Å²) in [5.74, 6) is -0.257. The summed E-state index contributed by atoms with van der Waals surface area (Å²) in [4.78, 5) is 34.0. The molecular formula is C28H26ClFN4O2S. The first-order chi connectivity index (χ1) is 17.9. The quantitative estimate of drug-likeness (QED) is 0.477. The molecule has 6 nitrogen and oxygen atoms in total. The van der Waals surface area contributed by atoms with Gasteiger partial charge in [-0.25, -0.2) is 4.39 Å². The summed E-state index contributed by atoms with van der Waals surface area (Å²) in [5, 5.41) is 0.556. The number of halogens is 2. The van der Waals surface area contributed by atoms with E-state index in [2.05, 4.69) is 4.90 Å². The standard InChI is InChI=1S/C28H26ClFN4O2S/c1-19-10-11-20(16-22(19)29)34-26(35)17-37-28(34)21-6-2-4-8-24(21)33(27(28)36)18-31-12-14-32(15-13-31)25-9-5-3-7-23(25)30/h2-11,16H,12-15,17-18H2,1H3/t28-/m1/s1. The fourth-order valence-electron chi connectivity index (χ4n) is 5.46. The van der Waals surface area contributed by atoms with E-state index in [4.69, 9.17) is 11.6 Å². The van der Waals surface area contributed by atoms with Gasteiger partial charge in [0.15, 0.2) is 0 Å². The third-order valence-electron chi connectivity index (χ3n) is 7.38. The Morgan fingerprint density at radius 1 is 0.946 bits per heavy atom. The van der Waals surface area contributed by atoms with Gasteiger partial charge in [-0.2, -0.15) is 0 Å². The summed E-state index contributed by atoms with van der Waals surface area (Å²) in [6, 6.07) is 20.0. The highest BCUT2D eigenvalue weighted by Crippen LogP contribution is 2.55. The summed E-state index contributed by atoms with van der Waals surface area (Å²) in [6.07, 6.45) is 0. The van der Waals surface area contributed by atoms with Crippen LogP contribution in [-0.2, 0) is 14.5 Å². The van der Waals surface area contributed by atoms with E-state index >= 15 is 0 Å². The number of anilines is 3. The zero-order valence-electron chi connectivity index (χ0n) is 20.4. The largest absolute Gasteiger partial charge is 0.367 e. The first-order valence-corrected chi connectivity index (χ1v) is 13.6. The molecule has 0 unspecified atom stereocenters. The SMILES string of the molecule is Cc1ccc(N2C(=O)CS[C@]23C(=O)N(CN2CCN(c4ccccc4F)CC2)c2ccccc23)cc1Cl. The molecule has 2 fully saturated rings. The monoisotopic (exact) mass is 536 g/mol. The number of nitrogens with zero attached hydrogens (tertiary/aromatic N) is 4. The van der Waals surface area contributed by atoms with Crippen molar-refractivity contribution in [1.29, 1.82) is 0 Å². The van der Waals surface area contributed by atoms with Gasteiger partial charge in [0, 0.05) is 42.5 Å². The van der Waals surface area contributed by atoms with Gasteiger partial charge in [0.1, 0.15) is 5.82 Å². The zero-order valence-corrected chi connectivity index (χ0v) is 21.9. The molecule has 3 heterocycles. The summed E-state index contributed by atoms with van der Waals surface area (Å²) in [7, 11) is 0. The number of hydrogen-bond acceptors (Lipinski definition) is 5. The predicted molar refractivity (Wildman–Crippen MR) is 147 cm³/mol. The Morgan fingerprint density at radius 2 is 1.65 bits per heavy atom. The van der Waals surface area contributed by atoms with Gasteiger partial charge in [0.2, 0.25) is 10.8 Å². The van der Waals surface area contributed by atoms with Gasteiger partial charge in [-0.05, 0) is 42.8 Å². The van der Waals surface area contributed by atoms with E-state index in [1.165, 1.54) is 17.8 Å². The average Bonchev–Trinajstić information content (AvgIpc) is 3.37. The average molecular weight is 537 g/mol. The molecule has 0 bridgehead atoms. The summed E-state index contributed by atoms with van der Waals surface area (Å²) >= 11 is 7.78. The molecule has 1 spiro atoms. The third-order valence-corrected chi connectivity index (χ3v) is 9.18. The number of carbonyl (C=O) groups is 2. The van der Waals surface area contributed by atoms with Crippen LogP contribution in [0.1, 0.15) is 11.1 Å². The van der Waals surface area contributed by atoms with E-state index in [-0.39, 0.29) is 23.4 Å². The van der Waals surface area contributed by atoms with Gasteiger partial charge in [-0.1, -0.05) is 48.0 Å². The van der Waals surface area contributed by atoms with Crippen molar-refractivity contribution in [3.05, 3.63) is 88.7 Å². The van der Waals surface area contributed by atoms with Crippen molar-refractivity contribution in [2.75, 3.05) is 53.3 Å². The van der Waals surface area contributed by atoms with Crippen LogP contribution in [0.5, 0.6) is 0 Å². The summed E-state index contributed by atoms with van der Waals surface area (Å²) in [5.41, 5.74) is 3.77. The normalized spacial score (nSPS) is 21.9. The van der Waals surface area contributed by atoms with E-state index in [9.17, 15) is 14.0 Å². The van der Waals surface area contributed by atoms with E-state index < -0.39 is 4.87 Å². The van der Waals surface area contributed by atoms with E-state index in [0.29, 0.717) is 49.2 Å². The lowest BCUT2D eigenvalue weighted by molar-refractivity contribution is -0.124. The lowest BCUT2D eigenvalue weighted by Gasteiger charge is -2.38. The number of hydrogen-bond donors (Lipinski definition) is 0. The van der Waals surface area contributed by atoms with Crippen molar-refractivity contribution >= 4 is 52.2 Å². The Labute approximate surface area is 224 Å². The highest BCUT2D eigenvalue weighted by molar-refractivity contribution is 8.02. The molecule has 9 heteroatoms. The summed E-state index contributed by atoms with van der Waals surface area (Å²) in [6.45, 7) is 5.02. The highest BCUT2D eigenvalue weighted by Gasteiger charge is 2.61. The molecule has 2 saturated heterocycles. The lowest BCUT2D eigenvalue weighted by Crippen LogP contribution is -2.54. The summed E-state index contributed by atoms with van der Waals surface area (Å²) < 4.78 is 14.3. The molecule has 2 amide bonds. The van der Waals surface area contributed by atoms with E-state index in [1.54, 1.807) is 28.0 Å². The molecule has 0 aliphatic carbocycles. The Balaban J connectivity index is 1.29. The molecule has 0 radical (unpaired) electrons. The van der Waals surface area contributed by atoms with Crippen LogP contribution in [0.4, 0.5) is 21.5 Å². The lowest BCUT2D eigenvalue weighted by atomic mass is 10.0. The molecule has 0 N–H and O–H groups in total. The number of fused-ring (bicyclic) bond motifs is 2. The minimum Gasteiger partial charge on any atom is -0.367 e. The van der Waals surface area contributed by atoms with E-state index in [0.717, 1.165) is 16.8 Å². The maximum Gasteiger partial charge on any atom is 0.269 e. The van der Waals surface area contributed by atoms with E-state index in [1.807, 2.05) is 54.3 Å². The van der Waals surface area contributed by atoms with Crippen molar-refractivity contribution in [2.24, 2.45) is 0 Å². The first-order valence-electron chi connectivity index (χ1n) is 12.3. The second kappa shape index (κ2) is 9.35. The number of rotatable bonds is 4. The van der Waals surface area contributed by atoms with Gasteiger partial charge < -0.3 is 4.90 Å². The Bertz CT molecular complexity index is 1400. The second-order valence-corrected chi connectivity index (χ2v) is 11.1. The molecule has 3 aromatic rings. The van der Waals surface area contributed by atoms with Gasteiger partial charge in [0.05, 0.1) is 23.8 Å². The predicted octanol–water partition coefficient (Wildman–Crippen LogP) is 4.85. The molecule has 0 saturated carbocycles. The number of aryl methyl sites for hydroxylation is 1. The van der Waals surface area contributed by atoms with Crippen LogP contribution >= 0.6 is 23.4 Å². The maximum atomic E-state index is 14.3. The fourth-order valence-corrected chi connectivity index (χ4v) is 6.99. The van der Waals surface area contributed by atoms with Crippen LogP contribution in [0.25, 0.3) is 0 Å². The van der Waals surface area contributed by atoms with Crippen molar-refractivity contribution in [3.8, 4) is 0 Å². The molecule has 37 heavy (non-hydrogen) atoms. The maximum absolute atomic E-state index is 14.3. The topological polar surface area (TPSA) is 47.1 Å². The van der Waals surface area contributed by atoms with Crippen molar-refractivity contribution < 1.29 is 14.0 Å². The molecule has 3 aliphatic heterocycles. The highest BCUT2D eigenvalue weighted by atomic mass is 35.5. The molecule has 6 rings (SSSR count). The number of para-hydroxylation sites is 2. The van der Waals surface area contributed by atoms with Gasteiger partial charge in [-0.15, -0.1) is 11.8 Å². The minimum atomic E-state index is -1.17. The number of benzene rings is 3. The van der Waals surface area contributed by atoms with Crippen LogP contribution < -0.4 is 14.7 Å². The number of piperazine rings is 1. The Kier molecular flexibility index (Phi) is 6.13. The van der Waals surface area contributed by atoms with Gasteiger partial charge in [0.25, 0.3) is 5.91 Å². The zero-order chi connectivity index (χ0) is 25.7. The van der Waals surface area contributed by atoms with Gasteiger partial charge in [-0.3, -0.25) is 24.3 Å². The molecule has 3 aliphatic rings. The Morgan fingerprint density at radius 3 is 2.38 bits per heavy atom. The van der Waals surface area contributed by atoms with Crippen LogP contribution in [0, 0.1) is 12.7 Å². The van der Waals surface area contributed by atoms with Crippen LogP contribution in [-0.4, -0.2) is 55.3 Å². The fraction of sp³-hybridized carbons (Fsp3) is 0.286. The molecular weight excluding hydrogens is 511 g/mol. The van der Waals surface area contributed by atoms with Crippen molar-refractivity contribution in [3.63, 3.8) is 0 Å². The van der Waals surface area contributed by atoms with Crippen LogP contribution in [0.3, 0.4) is 0 Å². The Hall–Kier alpha value is -3.07. The third kappa shape index (κ3) is 3.90. The van der Waals surface area contributed by atoms with Crippen molar-refractivity contribution in [2.45, 2.75) is 11.8 Å².